The van der Waals surface area contributed by atoms with E-state index in [1.54, 1.807) is 0 Å². The molecule has 2 aromatic rings. The van der Waals surface area contributed by atoms with Crippen LogP contribution in [0.3, 0.4) is 0 Å². The van der Waals surface area contributed by atoms with Crippen molar-refractivity contribution in [3.05, 3.63) is 71.8 Å². The molecule has 87 valence electrons. The summed E-state index contributed by atoms with van der Waals surface area (Å²) in [4.78, 5) is 0. The lowest BCUT2D eigenvalue weighted by molar-refractivity contribution is 0.448. The summed E-state index contributed by atoms with van der Waals surface area (Å²) in [5, 5.41) is 14.0. The summed E-state index contributed by atoms with van der Waals surface area (Å²) in [6, 6.07) is 21.2. The molecule has 0 heterocycles. The third-order valence-electron chi connectivity index (χ3n) is 2.60. The molecule has 0 spiro atoms. The summed E-state index contributed by atoms with van der Waals surface area (Å²) < 4.78 is 0. The zero-order valence-corrected chi connectivity index (χ0v) is 9.82. The summed E-state index contributed by atoms with van der Waals surface area (Å²) >= 11 is 0. The van der Waals surface area contributed by atoms with Gasteiger partial charge in [-0.15, -0.1) is 0 Å². The quantitative estimate of drug-likeness (QED) is 0.773. The Kier molecular flexibility index (Phi) is 6.08. The summed E-state index contributed by atoms with van der Waals surface area (Å²) in [7, 11) is 0. The minimum atomic E-state index is 0. The Morgan fingerprint density at radius 2 is 1.06 bits per heavy atom. The Hall–Kier alpha value is -1.58. The highest BCUT2D eigenvalue weighted by molar-refractivity contribution is 6.13. The van der Waals surface area contributed by atoms with Crippen molar-refractivity contribution in [3.63, 3.8) is 0 Å². The first-order valence-electron chi connectivity index (χ1n) is 5.49. The Balaban J connectivity index is 0.000000437. The molecule has 0 bridgehead atoms. The normalized spacial score (nSPS) is 9.41. The molecule has 0 fully saturated rings. The monoisotopic (exact) mass is 227 g/mol. The number of rotatable bonds is 2. The molecule has 0 aliphatic rings. The lowest BCUT2D eigenvalue weighted by Crippen LogP contribution is -1.94. The van der Waals surface area contributed by atoms with Gasteiger partial charge in [0.2, 0.25) is 0 Å². The lowest BCUT2D eigenvalue weighted by Gasteiger charge is -2.11. The zero-order valence-electron chi connectivity index (χ0n) is 9.82. The standard InChI is InChI=1S/C14H14.BH2O2/c1-12(13-8-4-2-5-9-13)14-10-6-3-7-11-14;2-1-3/h2-12H,1H3;2-3H. The number of benzene rings is 2. The third-order valence-corrected chi connectivity index (χ3v) is 2.60. The zero-order chi connectivity index (χ0) is 12.5. The van der Waals surface area contributed by atoms with Crippen LogP contribution in [0, 0.1) is 0 Å². The van der Waals surface area contributed by atoms with E-state index in [0.717, 1.165) is 0 Å². The molecule has 2 N–H and O–H groups in total. The van der Waals surface area contributed by atoms with Gasteiger partial charge in [0.05, 0.1) is 0 Å². The van der Waals surface area contributed by atoms with Crippen LogP contribution in [0.25, 0.3) is 0 Å². The van der Waals surface area contributed by atoms with Gasteiger partial charge in [-0.3, -0.25) is 0 Å². The molecule has 2 nitrogen and oxygen atoms in total. The maximum atomic E-state index is 7.00. The highest BCUT2D eigenvalue weighted by atomic mass is 16.4. The highest BCUT2D eigenvalue weighted by Gasteiger charge is 2.05. The van der Waals surface area contributed by atoms with Gasteiger partial charge in [-0.2, -0.15) is 0 Å². The van der Waals surface area contributed by atoms with Crippen molar-refractivity contribution in [3.8, 4) is 0 Å². The van der Waals surface area contributed by atoms with Crippen LogP contribution in [0.1, 0.15) is 24.0 Å². The van der Waals surface area contributed by atoms with Crippen LogP contribution in [-0.4, -0.2) is 17.7 Å². The Bertz CT molecular complexity index is 364. The van der Waals surface area contributed by atoms with Crippen LogP contribution in [0.4, 0.5) is 0 Å². The van der Waals surface area contributed by atoms with Crippen LogP contribution >= 0.6 is 0 Å². The van der Waals surface area contributed by atoms with E-state index < -0.39 is 0 Å². The van der Waals surface area contributed by atoms with Gasteiger partial charge in [-0.05, 0) is 11.1 Å². The maximum Gasteiger partial charge on any atom is 0.482 e. The second-order valence-corrected chi connectivity index (χ2v) is 3.66. The first-order chi connectivity index (χ1) is 8.29. The maximum absolute atomic E-state index is 7.00. The van der Waals surface area contributed by atoms with Gasteiger partial charge in [0.25, 0.3) is 0 Å². The highest BCUT2D eigenvalue weighted by Crippen LogP contribution is 2.22. The number of hydrogen-bond acceptors (Lipinski definition) is 2. The fraction of sp³-hybridized carbons (Fsp3) is 0.143. The first kappa shape index (κ1) is 13.5. The molecule has 0 aliphatic carbocycles. The second kappa shape index (κ2) is 7.66. The van der Waals surface area contributed by atoms with E-state index in [1.807, 2.05) is 0 Å². The van der Waals surface area contributed by atoms with Crippen molar-refractivity contribution in [2.24, 2.45) is 0 Å². The summed E-state index contributed by atoms with van der Waals surface area (Å²) in [5.41, 5.74) is 2.75. The molecule has 2 rings (SSSR count). The SMILES string of the molecule is CC(c1ccccc1)c1ccccc1.O[B]O. The smallest absolute Gasteiger partial charge is 0.429 e. The van der Waals surface area contributed by atoms with Crippen LogP contribution in [0.15, 0.2) is 60.7 Å². The summed E-state index contributed by atoms with van der Waals surface area (Å²) in [5.74, 6) is 0.484. The van der Waals surface area contributed by atoms with Crippen LogP contribution in [0.2, 0.25) is 0 Å². The van der Waals surface area contributed by atoms with Crippen molar-refractivity contribution < 1.29 is 10.0 Å². The third kappa shape index (κ3) is 4.43. The Labute approximate surface area is 103 Å². The lowest BCUT2D eigenvalue weighted by atomic mass is 9.93. The molecule has 0 aliphatic heterocycles. The molecular weight excluding hydrogens is 211 g/mol. The average Bonchev–Trinajstić information content (AvgIpc) is 2.41. The van der Waals surface area contributed by atoms with Crippen molar-refractivity contribution >= 4 is 7.69 Å². The molecule has 0 saturated carbocycles. The molecule has 0 aromatic heterocycles. The van der Waals surface area contributed by atoms with Crippen LogP contribution in [0.5, 0.6) is 0 Å². The molecule has 1 radical (unpaired) electrons. The van der Waals surface area contributed by atoms with Gasteiger partial charge in [0, 0.05) is 5.92 Å². The van der Waals surface area contributed by atoms with Gasteiger partial charge in [-0.25, -0.2) is 0 Å². The van der Waals surface area contributed by atoms with Crippen molar-refractivity contribution in [1.82, 2.24) is 0 Å². The van der Waals surface area contributed by atoms with E-state index in [2.05, 4.69) is 67.6 Å². The topological polar surface area (TPSA) is 40.5 Å². The Morgan fingerprint density at radius 3 is 1.35 bits per heavy atom. The second-order valence-electron chi connectivity index (χ2n) is 3.66. The minimum absolute atomic E-state index is 0. The van der Waals surface area contributed by atoms with Gasteiger partial charge in [0.1, 0.15) is 0 Å². The molecule has 2 aromatic carbocycles. The predicted octanol–water partition coefficient (Wildman–Crippen LogP) is 2.34. The van der Waals surface area contributed by atoms with Crippen LogP contribution in [-0.2, 0) is 0 Å². The Morgan fingerprint density at radius 1 is 0.765 bits per heavy atom. The van der Waals surface area contributed by atoms with Gasteiger partial charge in [-0.1, -0.05) is 67.6 Å². The molecular formula is C14H16BO2. The van der Waals surface area contributed by atoms with E-state index in [9.17, 15) is 0 Å². The number of hydrogen-bond donors (Lipinski definition) is 2. The van der Waals surface area contributed by atoms with Crippen molar-refractivity contribution in [2.45, 2.75) is 12.8 Å². The van der Waals surface area contributed by atoms with Gasteiger partial charge >= 0.3 is 7.69 Å². The van der Waals surface area contributed by atoms with Gasteiger partial charge < -0.3 is 10.0 Å². The van der Waals surface area contributed by atoms with E-state index in [1.165, 1.54) is 11.1 Å². The van der Waals surface area contributed by atoms with Crippen molar-refractivity contribution in [2.75, 3.05) is 0 Å². The average molecular weight is 227 g/mol. The minimum Gasteiger partial charge on any atom is -0.429 e. The molecule has 0 atom stereocenters. The molecule has 3 heteroatoms. The van der Waals surface area contributed by atoms with E-state index >= 15 is 0 Å². The summed E-state index contributed by atoms with van der Waals surface area (Å²) in [6.45, 7) is 2.24. The first-order valence-corrected chi connectivity index (χ1v) is 5.49. The fourth-order valence-electron chi connectivity index (χ4n) is 1.68. The van der Waals surface area contributed by atoms with E-state index in [4.69, 9.17) is 10.0 Å². The largest absolute Gasteiger partial charge is 0.482 e. The van der Waals surface area contributed by atoms with E-state index in [-0.39, 0.29) is 7.69 Å². The fourth-order valence-corrected chi connectivity index (χ4v) is 1.68. The summed E-state index contributed by atoms with van der Waals surface area (Å²) in [6.07, 6.45) is 0. The molecule has 0 saturated heterocycles. The van der Waals surface area contributed by atoms with Gasteiger partial charge in [0.15, 0.2) is 0 Å². The molecule has 17 heavy (non-hydrogen) atoms. The molecule has 0 amide bonds. The van der Waals surface area contributed by atoms with Crippen molar-refractivity contribution in [1.29, 1.82) is 0 Å². The van der Waals surface area contributed by atoms with E-state index in [0.29, 0.717) is 5.92 Å². The molecule has 0 unspecified atom stereocenters. The predicted molar refractivity (Wildman–Crippen MR) is 70.6 cm³/mol. The van der Waals surface area contributed by atoms with Crippen LogP contribution < -0.4 is 0 Å².